The van der Waals surface area contributed by atoms with Gasteiger partial charge in [-0.15, -0.1) is 0 Å². The highest BCUT2D eigenvalue weighted by Gasteiger charge is 2.03. The number of aliphatic hydroxyl groups excluding tert-OH is 1. The predicted molar refractivity (Wildman–Crippen MR) is 54.1 cm³/mol. The number of hydrogen-bond acceptors (Lipinski definition) is 4. The fraction of sp³-hybridized carbons (Fsp3) is 0.857. The fourth-order valence-corrected chi connectivity index (χ4v) is 1.40. The summed E-state index contributed by atoms with van der Waals surface area (Å²) >= 11 is 4.36. The Balaban J connectivity index is 3.39. The standard InChI is InChI=1S/C7H13NO2S2/c1-12(10)5-3-7(9)2-4-8-6-11/h7,9H,2-5H2,1H3. The first-order valence-electron chi connectivity index (χ1n) is 3.68. The van der Waals surface area contributed by atoms with Gasteiger partial charge in [-0.2, -0.15) is 0 Å². The van der Waals surface area contributed by atoms with Crippen LogP contribution in [0.3, 0.4) is 0 Å². The fourth-order valence-electron chi connectivity index (χ4n) is 0.706. The molecule has 0 saturated heterocycles. The van der Waals surface area contributed by atoms with E-state index in [0.29, 0.717) is 25.1 Å². The molecular formula is C7H13NO2S2. The van der Waals surface area contributed by atoms with Gasteiger partial charge in [0.25, 0.3) is 0 Å². The van der Waals surface area contributed by atoms with Crippen LogP contribution in [0.15, 0.2) is 4.99 Å². The highest BCUT2D eigenvalue weighted by molar-refractivity contribution is 7.84. The molecule has 0 fully saturated rings. The van der Waals surface area contributed by atoms with E-state index in [1.807, 2.05) is 0 Å². The number of aliphatic hydroxyl groups is 1. The Labute approximate surface area is 80.4 Å². The lowest BCUT2D eigenvalue weighted by molar-refractivity contribution is 0.164. The molecule has 0 aromatic heterocycles. The van der Waals surface area contributed by atoms with E-state index in [0.717, 1.165) is 0 Å². The molecule has 0 aromatic rings. The van der Waals surface area contributed by atoms with Crippen molar-refractivity contribution in [2.45, 2.75) is 18.9 Å². The third-order valence-corrected chi connectivity index (χ3v) is 2.32. The quantitative estimate of drug-likeness (QED) is 0.513. The summed E-state index contributed by atoms with van der Waals surface area (Å²) in [5.74, 6) is 0.544. The zero-order valence-electron chi connectivity index (χ0n) is 7.02. The molecule has 70 valence electrons. The van der Waals surface area contributed by atoms with Crippen molar-refractivity contribution in [1.29, 1.82) is 0 Å². The summed E-state index contributed by atoms with van der Waals surface area (Å²) in [6.45, 7) is 0.501. The summed E-state index contributed by atoms with van der Waals surface area (Å²) in [5.41, 5.74) is 0. The maximum Gasteiger partial charge on any atom is 0.0584 e. The van der Waals surface area contributed by atoms with Crippen LogP contribution in [-0.2, 0) is 10.8 Å². The average molecular weight is 207 g/mol. The van der Waals surface area contributed by atoms with Crippen molar-refractivity contribution in [1.82, 2.24) is 0 Å². The Bertz CT molecular complexity index is 184. The summed E-state index contributed by atoms with van der Waals surface area (Å²) in [6, 6.07) is 0. The van der Waals surface area contributed by atoms with Crippen molar-refractivity contribution >= 4 is 28.2 Å². The predicted octanol–water partition coefficient (Wildman–Crippen LogP) is 0.609. The minimum Gasteiger partial charge on any atom is -0.393 e. The van der Waals surface area contributed by atoms with Crippen molar-refractivity contribution < 1.29 is 9.32 Å². The molecule has 0 saturated carbocycles. The molecule has 0 rings (SSSR count). The van der Waals surface area contributed by atoms with Crippen LogP contribution < -0.4 is 0 Å². The summed E-state index contributed by atoms with van der Waals surface area (Å²) in [6.07, 6.45) is 2.35. The molecule has 5 heteroatoms. The zero-order chi connectivity index (χ0) is 9.40. The van der Waals surface area contributed by atoms with Gasteiger partial charge in [0.2, 0.25) is 0 Å². The molecule has 1 N–H and O–H groups in total. The minimum atomic E-state index is -0.820. The van der Waals surface area contributed by atoms with Gasteiger partial charge < -0.3 is 5.11 Å². The molecule has 0 heterocycles. The molecule has 2 atom stereocenters. The Kier molecular flexibility index (Phi) is 7.50. The van der Waals surface area contributed by atoms with E-state index >= 15 is 0 Å². The van der Waals surface area contributed by atoms with Gasteiger partial charge in [0.05, 0.1) is 17.8 Å². The van der Waals surface area contributed by atoms with Crippen LogP contribution in [-0.4, -0.2) is 39.1 Å². The van der Waals surface area contributed by atoms with E-state index in [9.17, 15) is 9.32 Å². The van der Waals surface area contributed by atoms with E-state index in [1.54, 1.807) is 6.26 Å². The smallest absolute Gasteiger partial charge is 0.0584 e. The van der Waals surface area contributed by atoms with Gasteiger partial charge in [0.15, 0.2) is 0 Å². The highest BCUT2D eigenvalue weighted by atomic mass is 32.2. The van der Waals surface area contributed by atoms with Crippen molar-refractivity contribution in [2.75, 3.05) is 18.6 Å². The average Bonchev–Trinajstić information content (AvgIpc) is 2.01. The van der Waals surface area contributed by atoms with E-state index in [1.165, 1.54) is 0 Å². The maximum atomic E-state index is 10.6. The minimum absolute atomic E-state index is 0.416. The number of rotatable bonds is 6. The summed E-state index contributed by atoms with van der Waals surface area (Å²) in [5, 5.41) is 11.5. The molecule has 0 radical (unpaired) electrons. The molecule has 0 amide bonds. The van der Waals surface area contributed by atoms with Gasteiger partial charge in [0.1, 0.15) is 0 Å². The van der Waals surface area contributed by atoms with Gasteiger partial charge >= 0.3 is 0 Å². The number of nitrogens with zero attached hydrogens (tertiary/aromatic N) is 1. The second-order valence-electron chi connectivity index (χ2n) is 2.48. The highest BCUT2D eigenvalue weighted by Crippen LogP contribution is 1.98. The van der Waals surface area contributed by atoms with Gasteiger partial charge in [-0.3, -0.25) is 4.21 Å². The van der Waals surface area contributed by atoms with Gasteiger partial charge in [-0.25, -0.2) is 4.99 Å². The summed E-state index contributed by atoms with van der Waals surface area (Å²) < 4.78 is 10.6. The number of aliphatic imine (C=N–C) groups is 1. The number of isothiocyanates is 1. The van der Waals surface area contributed by atoms with Crippen LogP contribution >= 0.6 is 12.2 Å². The Hall–Kier alpha value is -0.0900. The Morgan fingerprint density at radius 2 is 2.33 bits per heavy atom. The molecule has 0 aromatic carbocycles. The van der Waals surface area contributed by atoms with Gasteiger partial charge in [0, 0.05) is 22.8 Å². The van der Waals surface area contributed by atoms with Crippen molar-refractivity contribution in [3.63, 3.8) is 0 Å². The molecular weight excluding hydrogens is 194 g/mol. The first-order chi connectivity index (χ1) is 5.66. The molecule has 2 unspecified atom stereocenters. The third-order valence-electron chi connectivity index (χ3n) is 1.38. The summed E-state index contributed by atoms with van der Waals surface area (Å²) in [7, 11) is -0.820. The second kappa shape index (κ2) is 7.55. The van der Waals surface area contributed by atoms with E-state index in [4.69, 9.17) is 0 Å². The van der Waals surface area contributed by atoms with E-state index < -0.39 is 16.9 Å². The van der Waals surface area contributed by atoms with Crippen LogP contribution in [0.4, 0.5) is 0 Å². The van der Waals surface area contributed by atoms with Gasteiger partial charge in [-0.1, -0.05) is 0 Å². The number of hydrogen-bond donors (Lipinski definition) is 1. The van der Waals surface area contributed by atoms with Crippen LogP contribution in [0, 0.1) is 0 Å². The molecule has 0 aliphatic carbocycles. The molecule has 0 aliphatic heterocycles. The van der Waals surface area contributed by atoms with E-state index in [2.05, 4.69) is 22.4 Å². The molecule has 0 bridgehead atoms. The largest absolute Gasteiger partial charge is 0.393 e. The van der Waals surface area contributed by atoms with Crippen molar-refractivity contribution in [3.8, 4) is 0 Å². The monoisotopic (exact) mass is 207 g/mol. The lowest BCUT2D eigenvalue weighted by atomic mass is 10.2. The van der Waals surface area contributed by atoms with Crippen LogP contribution in [0.25, 0.3) is 0 Å². The second-order valence-corrected chi connectivity index (χ2v) is 4.22. The Morgan fingerprint density at radius 1 is 1.67 bits per heavy atom. The normalized spacial score (nSPS) is 14.8. The number of thiocarbonyl (C=S) groups is 1. The van der Waals surface area contributed by atoms with Crippen LogP contribution in [0.5, 0.6) is 0 Å². The molecule has 3 nitrogen and oxygen atoms in total. The first-order valence-corrected chi connectivity index (χ1v) is 5.82. The molecule has 0 aliphatic rings. The Morgan fingerprint density at radius 3 is 2.83 bits per heavy atom. The van der Waals surface area contributed by atoms with Crippen molar-refractivity contribution in [3.05, 3.63) is 0 Å². The first kappa shape index (κ1) is 11.9. The zero-order valence-corrected chi connectivity index (χ0v) is 8.66. The van der Waals surface area contributed by atoms with E-state index in [-0.39, 0.29) is 0 Å². The van der Waals surface area contributed by atoms with Crippen LogP contribution in [0.1, 0.15) is 12.8 Å². The topological polar surface area (TPSA) is 49.7 Å². The maximum absolute atomic E-state index is 10.6. The van der Waals surface area contributed by atoms with Crippen molar-refractivity contribution in [2.24, 2.45) is 4.99 Å². The van der Waals surface area contributed by atoms with Crippen LogP contribution in [0.2, 0.25) is 0 Å². The van der Waals surface area contributed by atoms with Gasteiger partial charge in [-0.05, 0) is 25.1 Å². The SMILES string of the molecule is CS(=O)CCC(O)CCN=C=S. The lowest BCUT2D eigenvalue weighted by Gasteiger charge is -2.05. The summed E-state index contributed by atoms with van der Waals surface area (Å²) in [4.78, 5) is 3.67. The molecule has 0 spiro atoms. The lowest BCUT2D eigenvalue weighted by Crippen LogP contribution is -2.12. The molecule has 12 heavy (non-hydrogen) atoms. The third kappa shape index (κ3) is 8.01.